The number of amides is 2. The molecule has 0 bridgehead atoms. The Morgan fingerprint density at radius 3 is 2.54 bits per heavy atom. The standard InChI is InChI=1S/C26H23BrClN3O9S/c27-21-22(40-13-20(32)33)24(25(34)35)41-23(21)15-2-1-3-17(10-15)39-12-14-6-8-30(9-7-14)26(36)29-18-11-16(28)4-5-19(18)31(37)38/h1-5,10-11,14H,6-9,12-13H2,(H,29,36)(H,32,33)(H,34,35). The number of likely N-dealkylation sites (tertiary alicyclic amines) is 1. The van der Waals surface area contributed by atoms with E-state index in [1.165, 1.54) is 18.2 Å². The Kier molecular flexibility index (Phi) is 9.68. The highest BCUT2D eigenvalue weighted by Gasteiger charge is 2.27. The Bertz CT molecular complexity index is 1490. The number of carbonyl (C=O) groups is 3. The van der Waals surface area contributed by atoms with Gasteiger partial charge in [-0.2, -0.15) is 0 Å². The molecule has 0 atom stereocenters. The summed E-state index contributed by atoms with van der Waals surface area (Å²) in [6.45, 7) is 0.581. The highest BCUT2D eigenvalue weighted by molar-refractivity contribution is 9.10. The van der Waals surface area contributed by atoms with E-state index in [1.54, 1.807) is 29.2 Å². The lowest BCUT2D eigenvalue weighted by atomic mass is 9.98. The molecule has 12 nitrogen and oxygen atoms in total. The van der Waals surface area contributed by atoms with Gasteiger partial charge in [0, 0.05) is 24.2 Å². The molecular formula is C26H23BrClN3O9S. The highest BCUT2D eigenvalue weighted by Crippen LogP contribution is 2.46. The number of rotatable bonds is 10. The van der Waals surface area contributed by atoms with Gasteiger partial charge in [0.05, 0.1) is 20.9 Å². The molecule has 1 aromatic heterocycles. The first-order valence-corrected chi connectivity index (χ1v) is 14.2. The SMILES string of the molecule is O=C(O)COc1c(C(=O)O)sc(-c2cccc(OCC3CCN(C(=O)Nc4cc(Cl)ccc4[N+](=O)[O-])CC3)c2)c1Br. The van der Waals surface area contributed by atoms with E-state index in [0.29, 0.717) is 53.2 Å². The Morgan fingerprint density at radius 1 is 1.15 bits per heavy atom. The Hall–Kier alpha value is -3.88. The van der Waals surface area contributed by atoms with Crippen LogP contribution >= 0.6 is 38.9 Å². The van der Waals surface area contributed by atoms with Crippen LogP contribution in [0.5, 0.6) is 11.5 Å². The minimum atomic E-state index is -1.24. The molecule has 1 aliphatic rings. The number of aromatic carboxylic acids is 1. The van der Waals surface area contributed by atoms with Crippen LogP contribution in [-0.4, -0.2) is 64.3 Å². The number of aliphatic carboxylic acids is 1. The molecule has 0 radical (unpaired) electrons. The van der Waals surface area contributed by atoms with E-state index < -0.39 is 29.5 Å². The third-order valence-electron chi connectivity index (χ3n) is 6.22. The second-order valence-electron chi connectivity index (χ2n) is 9.01. The molecule has 3 N–H and O–H groups in total. The van der Waals surface area contributed by atoms with Crippen molar-refractivity contribution in [2.24, 2.45) is 5.92 Å². The van der Waals surface area contributed by atoms with E-state index in [1.807, 2.05) is 0 Å². The van der Waals surface area contributed by atoms with Crippen LogP contribution in [0.3, 0.4) is 0 Å². The number of nitrogens with zero attached hydrogens (tertiary/aromatic N) is 2. The molecule has 0 unspecified atom stereocenters. The molecule has 15 heteroatoms. The predicted molar refractivity (Wildman–Crippen MR) is 154 cm³/mol. The second-order valence-corrected chi connectivity index (χ2v) is 11.3. The van der Waals surface area contributed by atoms with Crippen molar-refractivity contribution in [2.75, 3.05) is 31.6 Å². The largest absolute Gasteiger partial charge is 0.493 e. The summed E-state index contributed by atoms with van der Waals surface area (Å²) in [4.78, 5) is 48.0. The number of urea groups is 1. The molecule has 41 heavy (non-hydrogen) atoms. The smallest absolute Gasteiger partial charge is 0.349 e. The fraction of sp³-hybridized carbons (Fsp3) is 0.269. The van der Waals surface area contributed by atoms with Gasteiger partial charge in [0.2, 0.25) is 0 Å². The molecule has 2 amide bonds. The van der Waals surface area contributed by atoms with Crippen molar-refractivity contribution in [1.29, 1.82) is 0 Å². The van der Waals surface area contributed by atoms with E-state index in [4.69, 9.17) is 26.2 Å². The lowest BCUT2D eigenvalue weighted by Gasteiger charge is -2.31. The number of thiophene rings is 1. The minimum absolute atomic E-state index is 0.0336. The summed E-state index contributed by atoms with van der Waals surface area (Å²) < 4.78 is 11.6. The van der Waals surface area contributed by atoms with E-state index in [9.17, 15) is 29.6 Å². The Labute approximate surface area is 250 Å². The first kappa shape index (κ1) is 30.1. The number of anilines is 1. The van der Waals surface area contributed by atoms with Gasteiger partial charge < -0.3 is 29.9 Å². The molecule has 2 aromatic carbocycles. The molecule has 4 rings (SSSR count). The van der Waals surface area contributed by atoms with Crippen molar-refractivity contribution in [3.63, 3.8) is 0 Å². The summed E-state index contributed by atoms with van der Waals surface area (Å²) >= 11 is 10.2. The van der Waals surface area contributed by atoms with Gasteiger partial charge in [-0.1, -0.05) is 23.7 Å². The number of hydrogen-bond donors (Lipinski definition) is 3. The zero-order valence-corrected chi connectivity index (χ0v) is 24.3. The number of benzene rings is 2. The molecular weight excluding hydrogens is 646 g/mol. The molecule has 1 aliphatic heterocycles. The average Bonchev–Trinajstić information content (AvgIpc) is 3.27. The van der Waals surface area contributed by atoms with Gasteiger partial charge >= 0.3 is 18.0 Å². The van der Waals surface area contributed by atoms with Crippen LogP contribution in [0.2, 0.25) is 5.02 Å². The third-order valence-corrected chi connectivity index (χ3v) is 8.69. The number of carboxylic acids is 2. The first-order chi connectivity index (χ1) is 19.5. The minimum Gasteiger partial charge on any atom is -0.493 e. The summed E-state index contributed by atoms with van der Waals surface area (Å²) in [6.07, 6.45) is 1.32. The quantitative estimate of drug-likeness (QED) is 0.168. The summed E-state index contributed by atoms with van der Waals surface area (Å²) in [5.74, 6) is -1.80. The number of halogens is 2. The average molecular weight is 669 g/mol. The summed E-state index contributed by atoms with van der Waals surface area (Å²) in [7, 11) is 0. The van der Waals surface area contributed by atoms with Crippen molar-refractivity contribution in [3.05, 3.63) is 67.0 Å². The van der Waals surface area contributed by atoms with Crippen LogP contribution in [0.4, 0.5) is 16.2 Å². The van der Waals surface area contributed by atoms with Crippen molar-refractivity contribution in [3.8, 4) is 21.9 Å². The molecule has 0 saturated carbocycles. The van der Waals surface area contributed by atoms with E-state index in [-0.39, 0.29) is 32.9 Å². The number of carbonyl (C=O) groups excluding carboxylic acids is 1. The van der Waals surface area contributed by atoms with Crippen molar-refractivity contribution in [1.82, 2.24) is 4.90 Å². The van der Waals surface area contributed by atoms with Gasteiger partial charge in [0.1, 0.15) is 11.4 Å². The number of nitrogens with one attached hydrogen (secondary N) is 1. The number of nitro groups is 1. The summed E-state index contributed by atoms with van der Waals surface area (Å²) in [6, 6.07) is 10.6. The fourth-order valence-corrected chi connectivity index (χ4v) is 6.25. The zero-order chi connectivity index (χ0) is 29.7. The number of hydrogen-bond acceptors (Lipinski definition) is 8. The Balaban J connectivity index is 1.35. The number of ether oxygens (including phenoxy) is 2. The zero-order valence-electron chi connectivity index (χ0n) is 21.2. The van der Waals surface area contributed by atoms with Gasteiger partial charge in [-0.05, 0) is 64.5 Å². The number of piperidine rings is 1. The van der Waals surface area contributed by atoms with E-state index >= 15 is 0 Å². The van der Waals surface area contributed by atoms with Crippen LogP contribution in [0.1, 0.15) is 22.5 Å². The maximum Gasteiger partial charge on any atom is 0.349 e. The molecule has 216 valence electrons. The molecule has 3 aromatic rings. The lowest BCUT2D eigenvalue weighted by Crippen LogP contribution is -2.42. The van der Waals surface area contributed by atoms with Crippen LogP contribution in [0, 0.1) is 16.0 Å². The maximum atomic E-state index is 12.7. The molecule has 1 saturated heterocycles. The molecule has 2 heterocycles. The van der Waals surface area contributed by atoms with Crippen LogP contribution in [0.15, 0.2) is 46.9 Å². The molecule has 0 aliphatic carbocycles. The number of nitro benzene ring substituents is 1. The number of carboxylic acid groups (broad SMARTS) is 2. The molecule has 1 fully saturated rings. The van der Waals surface area contributed by atoms with Gasteiger partial charge in [0.25, 0.3) is 5.69 Å². The highest BCUT2D eigenvalue weighted by atomic mass is 79.9. The molecule has 0 spiro atoms. The van der Waals surface area contributed by atoms with Gasteiger partial charge in [-0.15, -0.1) is 11.3 Å². The first-order valence-electron chi connectivity index (χ1n) is 12.2. The van der Waals surface area contributed by atoms with Crippen molar-refractivity contribution in [2.45, 2.75) is 12.8 Å². The van der Waals surface area contributed by atoms with Crippen molar-refractivity contribution >= 4 is 68.2 Å². The van der Waals surface area contributed by atoms with Gasteiger partial charge in [-0.25, -0.2) is 14.4 Å². The third kappa shape index (κ3) is 7.45. The maximum absolute atomic E-state index is 12.7. The lowest BCUT2D eigenvalue weighted by molar-refractivity contribution is -0.383. The van der Waals surface area contributed by atoms with Gasteiger partial charge in [-0.3, -0.25) is 10.1 Å². The normalized spacial score (nSPS) is 13.5. The summed E-state index contributed by atoms with van der Waals surface area (Å²) in [5.41, 5.74) is 0.450. The topological polar surface area (TPSA) is 169 Å². The van der Waals surface area contributed by atoms with Crippen LogP contribution < -0.4 is 14.8 Å². The van der Waals surface area contributed by atoms with E-state index in [0.717, 1.165) is 11.3 Å². The Morgan fingerprint density at radius 2 is 1.88 bits per heavy atom. The van der Waals surface area contributed by atoms with Crippen LogP contribution in [-0.2, 0) is 4.79 Å². The second kappa shape index (κ2) is 13.2. The monoisotopic (exact) mass is 667 g/mol. The predicted octanol–water partition coefficient (Wildman–Crippen LogP) is 6.22. The summed E-state index contributed by atoms with van der Waals surface area (Å²) in [5, 5.41) is 32.6. The van der Waals surface area contributed by atoms with Gasteiger partial charge in [0.15, 0.2) is 17.2 Å². The van der Waals surface area contributed by atoms with Crippen molar-refractivity contribution < 1.29 is 39.0 Å². The fourth-order valence-electron chi connectivity index (χ4n) is 4.19. The van der Waals surface area contributed by atoms with Crippen LogP contribution in [0.25, 0.3) is 10.4 Å². The van der Waals surface area contributed by atoms with E-state index in [2.05, 4.69) is 21.2 Å².